The molecule has 0 atom stereocenters. The number of benzene rings is 2. The fourth-order valence-corrected chi connectivity index (χ4v) is 2.93. The Morgan fingerprint density at radius 2 is 1.88 bits per heavy atom. The van der Waals surface area contributed by atoms with E-state index in [4.69, 9.17) is 4.28 Å². The molecule has 2 aromatic carbocycles. The maximum atomic E-state index is 12.3. The lowest BCUT2D eigenvalue weighted by atomic mass is 10.2. The van der Waals surface area contributed by atoms with E-state index in [0.29, 0.717) is 11.1 Å². The number of hydrogen-bond acceptors (Lipinski definition) is 6. The number of aryl methyl sites for hydroxylation is 1. The maximum absolute atomic E-state index is 12.3. The van der Waals surface area contributed by atoms with E-state index in [1.165, 1.54) is 25.2 Å². The number of fused-ring (bicyclic) bond motifs is 1. The Balaban J connectivity index is 2.00. The summed E-state index contributed by atoms with van der Waals surface area (Å²) in [5.41, 5.74) is 1.94. The van der Waals surface area contributed by atoms with Crippen LogP contribution in [0.2, 0.25) is 0 Å². The maximum Gasteiger partial charge on any atom is 0.358 e. The average molecular weight is 346 g/mol. The first-order chi connectivity index (χ1) is 11.4. The standard InChI is InChI=1S/C15H14N4O4S/c1-10-3-6-12(7-4-10)24(21,22)23-19-14-9-11(15(20)16-2)5-8-13(14)17-18-19/h3-9H,1-2H3,(H,16,20). The van der Waals surface area contributed by atoms with Crippen molar-refractivity contribution in [2.45, 2.75) is 11.8 Å². The van der Waals surface area contributed by atoms with Gasteiger partial charge in [-0.2, -0.15) is 8.42 Å². The highest BCUT2D eigenvalue weighted by Gasteiger charge is 2.19. The second-order valence-corrected chi connectivity index (χ2v) is 6.62. The molecule has 0 saturated heterocycles. The summed E-state index contributed by atoms with van der Waals surface area (Å²) in [6.45, 7) is 1.85. The predicted molar refractivity (Wildman–Crippen MR) is 85.9 cm³/mol. The van der Waals surface area contributed by atoms with Gasteiger partial charge in [0.15, 0.2) is 0 Å². The fraction of sp³-hybridized carbons (Fsp3) is 0.133. The second kappa shape index (κ2) is 5.93. The lowest BCUT2D eigenvalue weighted by Crippen LogP contribution is -2.22. The third kappa shape index (κ3) is 2.93. The third-order valence-electron chi connectivity index (χ3n) is 3.38. The van der Waals surface area contributed by atoms with Gasteiger partial charge < -0.3 is 5.32 Å². The van der Waals surface area contributed by atoms with E-state index in [2.05, 4.69) is 15.6 Å². The molecule has 0 fully saturated rings. The summed E-state index contributed by atoms with van der Waals surface area (Å²) in [6, 6.07) is 10.8. The zero-order chi connectivity index (χ0) is 17.3. The first-order valence-corrected chi connectivity index (χ1v) is 8.41. The molecular formula is C15H14N4O4S. The van der Waals surface area contributed by atoms with Crippen molar-refractivity contribution in [3.8, 4) is 0 Å². The van der Waals surface area contributed by atoms with Crippen molar-refractivity contribution in [2.75, 3.05) is 7.05 Å². The summed E-state index contributed by atoms with van der Waals surface area (Å²) in [5.74, 6) is -0.314. The van der Waals surface area contributed by atoms with Gasteiger partial charge in [0.1, 0.15) is 15.9 Å². The molecule has 0 aliphatic carbocycles. The molecule has 124 valence electrons. The molecular weight excluding hydrogens is 332 g/mol. The summed E-state index contributed by atoms with van der Waals surface area (Å²) in [7, 11) is -2.57. The van der Waals surface area contributed by atoms with Crippen LogP contribution in [0.15, 0.2) is 47.4 Å². The lowest BCUT2D eigenvalue weighted by Gasteiger charge is -2.06. The van der Waals surface area contributed by atoms with Crippen molar-refractivity contribution in [2.24, 2.45) is 0 Å². The molecule has 0 unspecified atom stereocenters. The molecule has 8 nitrogen and oxygen atoms in total. The van der Waals surface area contributed by atoms with Crippen molar-refractivity contribution in [3.63, 3.8) is 0 Å². The second-order valence-electron chi connectivity index (χ2n) is 5.09. The van der Waals surface area contributed by atoms with Crippen LogP contribution in [0.25, 0.3) is 11.0 Å². The van der Waals surface area contributed by atoms with E-state index in [1.54, 1.807) is 24.3 Å². The summed E-state index contributed by atoms with van der Waals surface area (Å²) in [4.78, 5) is 12.5. The Morgan fingerprint density at radius 3 is 2.54 bits per heavy atom. The van der Waals surface area contributed by atoms with E-state index in [0.717, 1.165) is 10.4 Å². The quantitative estimate of drug-likeness (QED) is 0.753. The van der Waals surface area contributed by atoms with Gasteiger partial charge >= 0.3 is 10.1 Å². The van der Waals surface area contributed by atoms with Crippen LogP contribution in [0.4, 0.5) is 0 Å². The van der Waals surface area contributed by atoms with Gasteiger partial charge in [0.2, 0.25) is 0 Å². The Kier molecular flexibility index (Phi) is 3.94. The summed E-state index contributed by atoms with van der Waals surface area (Å²) >= 11 is 0. The van der Waals surface area contributed by atoms with Gasteiger partial charge in [-0.15, -0.1) is 5.10 Å². The van der Waals surface area contributed by atoms with Crippen LogP contribution in [-0.4, -0.2) is 36.5 Å². The number of carbonyl (C=O) groups excluding carboxylic acids is 1. The number of nitrogens with zero attached hydrogens (tertiary/aromatic N) is 3. The zero-order valence-corrected chi connectivity index (χ0v) is 13.7. The molecule has 0 aliphatic heterocycles. The SMILES string of the molecule is CNC(=O)c1ccc2nnn(OS(=O)(=O)c3ccc(C)cc3)c2c1. The molecule has 0 saturated carbocycles. The molecule has 1 heterocycles. The fourth-order valence-electron chi connectivity index (χ4n) is 2.08. The number of aromatic nitrogens is 3. The van der Waals surface area contributed by atoms with E-state index in [1.807, 2.05) is 6.92 Å². The molecule has 3 aromatic rings. The summed E-state index contributed by atoms with van der Waals surface area (Å²) < 4.78 is 29.7. The van der Waals surface area contributed by atoms with Crippen molar-refractivity contribution in [1.82, 2.24) is 20.5 Å². The Hall–Kier alpha value is -2.94. The van der Waals surface area contributed by atoms with E-state index in [-0.39, 0.29) is 16.3 Å². The molecule has 0 aliphatic rings. The molecule has 3 rings (SSSR count). The minimum Gasteiger partial charge on any atom is -0.355 e. The van der Waals surface area contributed by atoms with E-state index < -0.39 is 10.1 Å². The molecule has 1 N–H and O–H groups in total. The van der Waals surface area contributed by atoms with Gasteiger partial charge in [0, 0.05) is 12.6 Å². The first kappa shape index (κ1) is 15.9. The lowest BCUT2D eigenvalue weighted by molar-refractivity contribution is 0.0963. The number of rotatable bonds is 4. The minimum absolute atomic E-state index is 0.000735. The number of nitrogens with one attached hydrogen (secondary N) is 1. The largest absolute Gasteiger partial charge is 0.358 e. The highest BCUT2D eigenvalue weighted by Crippen LogP contribution is 2.16. The summed E-state index contributed by atoms with van der Waals surface area (Å²) in [5, 5.41) is 10.0. The minimum atomic E-state index is -4.07. The Morgan fingerprint density at radius 1 is 1.17 bits per heavy atom. The van der Waals surface area contributed by atoms with Gasteiger partial charge in [-0.1, -0.05) is 22.5 Å². The average Bonchev–Trinajstić information content (AvgIpc) is 2.96. The molecule has 24 heavy (non-hydrogen) atoms. The number of hydrogen-bond donors (Lipinski definition) is 1. The molecule has 9 heteroatoms. The molecule has 1 aromatic heterocycles. The highest BCUT2D eigenvalue weighted by molar-refractivity contribution is 7.87. The van der Waals surface area contributed by atoms with Crippen molar-refractivity contribution < 1.29 is 17.5 Å². The first-order valence-electron chi connectivity index (χ1n) is 7.00. The highest BCUT2D eigenvalue weighted by atomic mass is 32.2. The summed E-state index contributed by atoms with van der Waals surface area (Å²) in [6.07, 6.45) is 0. The predicted octanol–water partition coefficient (Wildman–Crippen LogP) is 0.917. The van der Waals surface area contributed by atoms with Crippen LogP contribution in [-0.2, 0) is 10.1 Å². The van der Waals surface area contributed by atoms with Crippen LogP contribution >= 0.6 is 0 Å². The van der Waals surface area contributed by atoms with Crippen LogP contribution in [0, 0.1) is 6.92 Å². The van der Waals surface area contributed by atoms with Crippen molar-refractivity contribution >= 4 is 27.1 Å². The van der Waals surface area contributed by atoms with E-state index in [9.17, 15) is 13.2 Å². The zero-order valence-electron chi connectivity index (χ0n) is 12.9. The molecule has 1 amide bonds. The Bertz CT molecular complexity index is 1010. The monoisotopic (exact) mass is 346 g/mol. The third-order valence-corrected chi connectivity index (χ3v) is 4.57. The van der Waals surface area contributed by atoms with Gasteiger partial charge in [-0.25, -0.2) is 0 Å². The smallest absolute Gasteiger partial charge is 0.355 e. The van der Waals surface area contributed by atoms with Crippen LogP contribution in [0.3, 0.4) is 0 Å². The molecule has 0 bridgehead atoms. The van der Waals surface area contributed by atoms with Crippen molar-refractivity contribution in [1.29, 1.82) is 0 Å². The number of amides is 1. The number of carbonyl (C=O) groups is 1. The van der Waals surface area contributed by atoms with Gasteiger partial charge in [-0.3, -0.25) is 9.08 Å². The molecule has 0 radical (unpaired) electrons. The van der Waals surface area contributed by atoms with Crippen molar-refractivity contribution in [3.05, 3.63) is 53.6 Å². The van der Waals surface area contributed by atoms with Gasteiger partial charge in [0.25, 0.3) is 5.91 Å². The van der Waals surface area contributed by atoms with Crippen LogP contribution in [0.5, 0.6) is 0 Å². The van der Waals surface area contributed by atoms with Crippen LogP contribution in [0.1, 0.15) is 15.9 Å². The Labute approximate surface area is 138 Å². The van der Waals surface area contributed by atoms with Gasteiger partial charge in [0.05, 0.1) is 0 Å². The topological polar surface area (TPSA) is 103 Å². The normalized spacial score (nSPS) is 11.4. The van der Waals surface area contributed by atoms with Crippen LogP contribution < -0.4 is 9.60 Å². The molecule has 0 spiro atoms. The van der Waals surface area contributed by atoms with E-state index >= 15 is 0 Å². The van der Waals surface area contributed by atoms with Gasteiger partial charge in [-0.05, 0) is 42.5 Å².